The van der Waals surface area contributed by atoms with Crippen molar-refractivity contribution in [2.75, 3.05) is 33.2 Å². The molecule has 1 amide bonds. The van der Waals surface area contributed by atoms with E-state index in [1.165, 1.54) is 38.5 Å². The number of carbonyl (C=O) groups is 1. The van der Waals surface area contributed by atoms with Gasteiger partial charge in [0.05, 0.1) is 0 Å². The summed E-state index contributed by atoms with van der Waals surface area (Å²) >= 11 is 0. The number of amides is 1. The molecule has 3 rings (SSSR count). The minimum atomic E-state index is -0.0384. The molecule has 1 spiro atoms. The average Bonchev–Trinajstić information content (AvgIpc) is 3.10. The molecule has 1 saturated carbocycles. The number of hydrogen-bond acceptors (Lipinski definition) is 2. The van der Waals surface area contributed by atoms with Gasteiger partial charge in [0.1, 0.15) is 0 Å². The fraction of sp³-hybridized carbons (Fsp3) is 0.636. The Balaban J connectivity index is 0.00000280. The first-order chi connectivity index (χ1) is 13.2. The molecule has 0 bridgehead atoms. The Hall–Kier alpha value is -1.31. The van der Waals surface area contributed by atoms with Crippen LogP contribution in [0, 0.1) is 5.41 Å². The van der Waals surface area contributed by atoms with Crippen molar-refractivity contribution in [1.82, 2.24) is 15.5 Å². The molecule has 1 heterocycles. The summed E-state index contributed by atoms with van der Waals surface area (Å²) < 4.78 is 0. The van der Waals surface area contributed by atoms with Gasteiger partial charge in [-0.2, -0.15) is 0 Å². The second kappa shape index (κ2) is 11.0. The van der Waals surface area contributed by atoms with Gasteiger partial charge in [0.2, 0.25) is 0 Å². The molecule has 1 aliphatic carbocycles. The number of halogens is 1. The van der Waals surface area contributed by atoms with E-state index in [0.717, 1.165) is 44.1 Å². The smallest absolute Gasteiger partial charge is 0.251 e. The van der Waals surface area contributed by atoms with Gasteiger partial charge >= 0.3 is 0 Å². The van der Waals surface area contributed by atoms with E-state index in [1.54, 1.807) is 7.05 Å². The van der Waals surface area contributed by atoms with Crippen molar-refractivity contribution in [2.24, 2.45) is 10.4 Å². The van der Waals surface area contributed by atoms with Crippen LogP contribution in [0.5, 0.6) is 0 Å². The van der Waals surface area contributed by atoms with Gasteiger partial charge in [0.25, 0.3) is 5.91 Å². The van der Waals surface area contributed by atoms with Crippen molar-refractivity contribution in [2.45, 2.75) is 51.9 Å². The minimum absolute atomic E-state index is 0. The maximum absolute atomic E-state index is 11.8. The van der Waals surface area contributed by atoms with Gasteiger partial charge in [0.15, 0.2) is 5.96 Å². The second-order valence-electron chi connectivity index (χ2n) is 8.00. The molecule has 2 N–H and O–H groups in total. The Labute approximate surface area is 186 Å². The molecule has 156 valence electrons. The monoisotopic (exact) mass is 498 g/mol. The number of guanidine groups is 1. The third-order valence-corrected chi connectivity index (χ3v) is 6.07. The van der Waals surface area contributed by atoms with Gasteiger partial charge in [-0.1, -0.05) is 31.4 Å². The Morgan fingerprint density at radius 1 is 1.21 bits per heavy atom. The van der Waals surface area contributed by atoms with E-state index in [2.05, 4.69) is 28.5 Å². The Kier molecular flexibility index (Phi) is 9.05. The zero-order valence-corrected chi connectivity index (χ0v) is 19.6. The van der Waals surface area contributed by atoms with E-state index >= 15 is 0 Å². The van der Waals surface area contributed by atoms with E-state index in [1.807, 2.05) is 18.2 Å². The zero-order valence-electron chi connectivity index (χ0n) is 17.3. The summed E-state index contributed by atoms with van der Waals surface area (Å²) in [5.41, 5.74) is 2.40. The lowest BCUT2D eigenvalue weighted by atomic mass is 9.73. The number of aliphatic imine (C=N–C) groups is 1. The first-order valence-electron chi connectivity index (χ1n) is 10.5. The Morgan fingerprint density at radius 2 is 2.00 bits per heavy atom. The third kappa shape index (κ3) is 5.84. The number of likely N-dealkylation sites (tertiary alicyclic amines) is 1. The zero-order chi connectivity index (χ0) is 19.1. The van der Waals surface area contributed by atoms with Gasteiger partial charge in [-0.15, -0.1) is 24.0 Å². The van der Waals surface area contributed by atoms with Gasteiger partial charge in [-0.05, 0) is 55.7 Å². The van der Waals surface area contributed by atoms with Crippen LogP contribution in [0.15, 0.2) is 29.3 Å². The molecule has 0 unspecified atom stereocenters. The largest absolute Gasteiger partial charge is 0.357 e. The lowest BCUT2D eigenvalue weighted by molar-refractivity contribution is 0.0963. The molecule has 1 aromatic rings. The summed E-state index contributed by atoms with van der Waals surface area (Å²) in [6.45, 7) is 6.05. The maximum atomic E-state index is 11.8. The van der Waals surface area contributed by atoms with Crippen molar-refractivity contribution < 1.29 is 4.79 Å². The fourth-order valence-corrected chi connectivity index (χ4v) is 4.55. The van der Waals surface area contributed by atoms with Crippen LogP contribution in [-0.4, -0.2) is 50.0 Å². The standard InChI is InChI=1S/C22H34N4O.HI/c1-3-24-21(26-15-13-22(17-26)11-5-4-6-12-22)25-14-10-18-8-7-9-19(16-18)20(27)23-2;/h7-9,16H,3-6,10-15,17H2,1-2H3,(H,23,27)(H,24,25);1H. The summed E-state index contributed by atoms with van der Waals surface area (Å²) in [4.78, 5) is 19.2. The van der Waals surface area contributed by atoms with Crippen LogP contribution < -0.4 is 10.6 Å². The lowest BCUT2D eigenvalue weighted by Gasteiger charge is -2.33. The highest BCUT2D eigenvalue weighted by Crippen LogP contribution is 2.43. The first kappa shape index (κ1) is 23.0. The molecule has 5 nitrogen and oxygen atoms in total. The third-order valence-electron chi connectivity index (χ3n) is 6.07. The normalized spacial score (nSPS) is 18.6. The van der Waals surface area contributed by atoms with Gasteiger partial charge < -0.3 is 15.5 Å². The summed E-state index contributed by atoms with van der Waals surface area (Å²) in [6.07, 6.45) is 9.12. The fourth-order valence-electron chi connectivity index (χ4n) is 4.55. The number of benzene rings is 1. The highest BCUT2D eigenvalue weighted by molar-refractivity contribution is 14.0. The quantitative estimate of drug-likeness (QED) is 0.369. The molecule has 28 heavy (non-hydrogen) atoms. The van der Waals surface area contributed by atoms with E-state index in [-0.39, 0.29) is 29.9 Å². The highest BCUT2D eigenvalue weighted by Gasteiger charge is 2.39. The van der Waals surface area contributed by atoms with E-state index < -0.39 is 0 Å². The van der Waals surface area contributed by atoms with E-state index in [9.17, 15) is 4.79 Å². The van der Waals surface area contributed by atoms with Gasteiger partial charge in [0, 0.05) is 38.8 Å². The van der Waals surface area contributed by atoms with Crippen LogP contribution in [-0.2, 0) is 6.42 Å². The second-order valence-corrected chi connectivity index (χ2v) is 8.00. The van der Waals surface area contributed by atoms with Crippen LogP contribution in [0.25, 0.3) is 0 Å². The van der Waals surface area contributed by atoms with Crippen LogP contribution in [0.4, 0.5) is 0 Å². The van der Waals surface area contributed by atoms with Crippen molar-refractivity contribution >= 4 is 35.8 Å². The highest BCUT2D eigenvalue weighted by atomic mass is 127. The molecule has 2 fully saturated rings. The first-order valence-corrected chi connectivity index (χ1v) is 10.5. The van der Waals surface area contributed by atoms with Crippen LogP contribution in [0.1, 0.15) is 61.4 Å². The molecular weight excluding hydrogens is 463 g/mol. The van der Waals surface area contributed by atoms with Gasteiger partial charge in [-0.25, -0.2) is 0 Å². The predicted molar refractivity (Wildman–Crippen MR) is 127 cm³/mol. The Bertz CT molecular complexity index is 670. The molecular formula is C22H35IN4O. The lowest BCUT2D eigenvalue weighted by Crippen LogP contribution is -2.41. The summed E-state index contributed by atoms with van der Waals surface area (Å²) in [6, 6.07) is 7.83. The summed E-state index contributed by atoms with van der Waals surface area (Å²) in [5, 5.41) is 6.17. The van der Waals surface area contributed by atoms with E-state index in [0.29, 0.717) is 11.0 Å². The maximum Gasteiger partial charge on any atom is 0.251 e. The molecule has 1 saturated heterocycles. The summed E-state index contributed by atoms with van der Waals surface area (Å²) in [5.74, 6) is 1.02. The van der Waals surface area contributed by atoms with Crippen LogP contribution in [0.2, 0.25) is 0 Å². The van der Waals surface area contributed by atoms with Gasteiger partial charge in [-0.3, -0.25) is 9.79 Å². The molecule has 1 aliphatic heterocycles. The average molecular weight is 498 g/mol. The van der Waals surface area contributed by atoms with Crippen LogP contribution in [0.3, 0.4) is 0 Å². The number of nitrogens with one attached hydrogen (secondary N) is 2. The number of carbonyl (C=O) groups excluding carboxylic acids is 1. The Morgan fingerprint density at radius 3 is 2.71 bits per heavy atom. The molecule has 6 heteroatoms. The number of hydrogen-bond donors (Lipinski definition) is 2. The van der Waals surface area contributed by atoms with Crippen molar-refractivity contribution in [3.63, 3.8) is 0 Å². The molecule has 1 aromatic carbocycles. The predicted octanol–water partition coefficient (Wildman–Crippen LogP) is 3.83. The SMILES string of the molecule is CCNC(=NCCc1cccc(C(=O)NC)c1)N1CCC2(CCCCC2)C1.I. The molecule has 2 aliphatic rings. The molecule has 0 aromatic heterocycles. The summed E-state index contributed by atoms with van der Waals surface area (Å²) in [7, 11) is 1.66. The number of nitrogens with zero attached hydrogens (tertiary/aromatic N) is 2. The van der Waals surface area contributed by atoms with Crippen molar-refractivity contribution in [3.05, 3.63) is 35.4 Å². The topological polar surface area (TPSA) is 56.7 Å². The van der Waals surface area contributed by atoms with Crippen molar-refractivity contribution in [3.8, 4) is 0 Å². The van der Waals surface area contributed by atoms with Crippen LogP contribution >= 0.6 is 24.0 Å². The van der Waals surface area contributed by atoms with E-state index in [4.69, 9.17) is 4.99 Å². The van der Waals surface area contributed by atoms with Crippen molar-refractivity contribution in [1.29, 1.82) is 0 Å². The minimum Gasteiger partial charge on any atom is -0.357 e. The number of rotatable bonds is 5. The molecule has 0 atom stereocenters. The molecule has 0 radical (unpaired) electrons.